The minimum absolute atomic E-state index is 0.0815. The van der Waals surface area contributed by atoms with Gasteiger partial charge in [-0.05, 0) is 24.6 Å². The van der Waals surface area contributed by atoms with Crippen LogP contribution in [-0.4, -0.2) is 59.7 Å². The van der Waals surface area contributed by atoms with E-state index < -0.39 is 17.1 Å². The van der Waals surface area contributed by atoms with Crippen LogP contribution in [0.25, 0.3) is 0 Å². The van der Waals surface area contributed by atoms with Crippen LogP contribution in [0, 0.1) is 0 Å². The van der Waals surface area contributed by atoms with Gasteiger partial charge in [0.25, 0.3) is 0 Å². The number of morpholine rings is 1. The van der Waals surface area contributed by atoms with Crippen LogP contribution >= 0.6 is 11.8 Å². The van der Waals surface area contributed by atoms with Gasteiger partial charge in [0.2, 0.25) is 11.8 Å². The lowest BCUT2D eigenvalue weighted by atomic mass is 10.1. The Balaban J connectivity index is 1.76. The lowest BCUT2D eigenvalue weighted by molar-refractivity contribution is -0.142. The summed E-state index contributed by atoms with van der Waals surface area (Å²) in [4.78, 5) is 28.1. The summed E-state index contributed by atoms with van der Waals surface area (Å²) in [5, 5.41) is -0.815. The van der Waals surface area contributed by atoms with Crippen LogP contribution in [0.1, 0.15) is 23.4 Å². The first-order valence-corrected chi connectivity index (χ1v) is 9.20. The van der Waals surface area contributed by atoms with Gasteiger partial charge in [-0.3, -0.25) is 9.59 Å². The van der Waals surface area contributed by atoms with Gasteiger partial charge in [0.15, 0.2) is 0 Å². The Bertz CT molecular complexity index is 675. The minimum atomic E-state index is -4.41. The van der Waals surface area contributed by atoms with Gasteiger partial charge in [0, 0.05) is 13.1 Å². The van der Waals surface area contributed by atoms with E-state index in [-0.39, 0.29) is 23.6 Å². The summed E-state index contributed by atoms with van der Waals surface area (Å²) in [6.07, 6.45) is -4.41. The summed E-state index contributed by atoms with van der Waals surface area (Å²) in [5.41, 5.74) is -0.157. The Morgan fingerprint density at radius 3 is 2.42 bits per heavy atom. The maximum Gasteiger partial charge on any atom is 0.416 e. The highest BCUT2D eigenvalue weighted by Gasteiger charge is 2.40. The maximum absolute atomic E-state index is 12.7. The van der Waals surface area contributed by atoms with Gasteiger partial charge in [0.1, 0.15) is 11.9 Å². The van der Waals surface area contributed by atoms with E-state index in [9.17, 15) is 22.8 Å². The molecule has 5 nitrogen and oxygen atoms in total. The summed E-state index contributed by atoms with van der Waals surface area (Å²) < 4.78 is 43.5. The van der Waals surface area contributed by atoms with Gasteiger partial charge in [-0.1, -0.05) is 12.1 Å². The van der Waals surface area contributed by atoms with Crippen molar-refractivity contribution < 1.29 is 27.5 Å². The number of hydrogen-bond donors (Lipinski definition) is 0. The van der Waals surface area contributed by atoms with Gasteiger partial charge < -0.3 is 14.5 Å². The van der Waals surface area contributed by atoms with Crippen molar-refractivity contribution in [3.05, 3.63) is 35.4 Å². The molecule has 2 atom stereocenters. The summed E-state index contributed by atoms with van der Waals surface area (Å²) in [5.74, 6) is -0.352. The molecule has 0 aliphatic carbocycles. The minimum Gasteiger partial charge on any atom is -0.378 e. The highest BCUT2D eigenvalue weighted by Crippen LogP contribution is 2.43. The molecule has 0 spiro atoms. The number of rotatable bonds is 3. The lowest BCUT2D eigenvalue weighted by Gasteiger charge is -2.30. The van der Waals surface area contributed by atoms with Crippen LogP contribution in [0.4, 0.5) is 13.2 Å². The van der Waals surface area contributed by atoms with Crippen LogP contribution in [0.15, 0.2) is 24.3 Å². The van der Waals surface area contributed by atoms with Crippen LogP contribution in [0.2, 0.25) is 0 Å². The lowest BCUT2D eigenvalue weighted by Crippen LogP contribution is -2.46. The third-order valence-electron chi connectivity index (χ3n) is 4.44. The van der Waals surface area contributed by atoms with Crippen molar-refractivity contribution >= 4 is 23.6 Å². The van der Waals surface area contributed by atoms with Crippen molar-refractivity contribution in [1.82, 2.24) is 9.80 Å². The fraction of sp³-hybridized carbons (Fsp3) is 0.529. The molecule has 0 saturated carbocycles. The van der Waals surface area contributed by atoms with Crippen molar-refractivity contribution in [2.45, 2.75) is 23.7 Å². The normalized spacial score (nSPS) is 24.2. The van der Waals surface area contributed by atoms with Gasteiger partial charge in [-0.15, -0.1) is 11.8 Å². The number of carbonyl (C=O) groups is 2. The molecule has 0 radical (unpaired) electrons. The smallest absolute Gasteiger partial charge is 0.378 e. The zero-order valence-electron chi connectivity index (χ0n) is 14.2. The molecular formula is C17H19F3N2O3S. The average Bonchev–Trinajstić information content (AvgIpc) is 2.90. The number of alkyl halides is 3. The third kappa shape index (κ3) is 3.98. The molecule has 1 aromatic carbocycles. The Labute approximate surface area is 153 Å². The summed E-state index contributed by atoms with van der Waals surface area (Å²) in [7, 11) is 0. The number of amides is 2. The number of ether oxygens (including phenoxy) is 1. The Kier molecular flexibility index (Phi) is 5.47. The number of halogens is 3. The van der Waals surface area contributed by atoms with Crippen molar-refractivity contribution in [2.75, 3.05) is 32.8 Å². The first-order chi connectivity index (χ1) is 12.3. The van der Waals surface area contributed by atoms with Crippen molar-refractivity contribution in [3.8, 4) is 0 Å². The van der Waals surface area contributed by atoms with Crippen molar-refractivity contribution in [2.24, 2.45) is 0 Å². The first kappa shape index (κ1) is 19.0. The fourth-order valence-electron chi connectivity index (χ4n) is 2.99. The predicted molar refractivity (Wildman–Crippen MR) is 90.4 cm³/mol. The standard InChI is InChI=1S/C17H19F3N2O3S/c1-11-15(24)22(10-14(23)21-6-8-25-9-7-21)16(26-11)12-2-4-13(5-3-12)17(18,19)20/h2-5,11,16H,6-10H2,1H3/t11-,16-/m1/s1. The molecule has 0 N–H and O–H groups in total. The van der Waals surface area contributed by atoms with E-state index in [0.29, 0.717) is 31.9 Å². The fourth-order valence-corrected chi connectivity index (χ4v) is 4.27. The number of carbonyl (C=O) groups excluding carboxylic acids is 2. The highest BCUT2D eigenvalue weighted by molar-refractivity contribution is 8.01. The van der Waals surface area contributed by atoms with Gasteiger partial charge in [-0.25, -0.2) is 0 Å². The molecule has 0 bridgehead atoms. The number of hydrogen-bond acceptors (Lipinski definition) is 4. The molecule has 2 amide bonds. The second kappa shape index (κ2) is 7.48. The summed E-state index contributed by atoms with van der Waals surface area (Å²) >= 11 is 1.34. The van der Waals surface area contributed by atoms with Gasteiger partial charge >= 0.3 is 6.18 Å². The van der Waals surface area contributed by atoms with Gasteiger partial charge in [0.05, 0.1) is 24.0 Å². The van der Waals surface area contributed by atoms with E-state index in [4.69, 9.17) is 4.74 Å². The Morgan fingerprint density at radius 2 is 1.85 bits per heavy atom. The van der Waals surface area contributed by atoms with Crippen LogP contribution < -0.4 is 0 Å². The summed E-state index contributed by atoms with van der Waals surface area (Å²) in [6.45, 7) is 3.55. The quantitative estimate of drug-likeness (QED) is 0.799. The predicted octanol–water partition coefficient (Wildman–Crippen LogP) is 2.53. The zero-order valence-corrected chi connectivity index (χ0v) is 15.0. The van der Waals surface area contributed by atoms with Crippen LogP contribution in [0.3, 0.4) is 0 Å². The summed E-state index contributed by atoms with van der Waals surface area (Å²) in [6, 6.07) is 4.76. The molecule has 1 aromatic rings. The molecule has 2 fully saturated rings. The van der Waals surface area contributed by atoms with E-state index in [1.165, 1.54) is 28.8 Å². The van der Waals surface area contributed by atoms with Crippen molar-refractivity contribution in [3.63, 3.8) is 0 Å². The molecule has 9 heteroatoms. The van der Waals surface area contributed by atoms with Crippen LogP contribution in [-0.2, 0) is 20.5 Å². The molecule has 2 heterocycles. The van der Waals surface area contributed by atoms with E-state index in [2.05, 4.69) is 0 Å². The molecule has 142 valence electrons. The third-order valence-corrected chi connectivity index (χ3v) is 5.83. The average molecular weight is 388 g/mol. The van der Waals surface area contributed by atoms with E-state index in [0.717, 1.165) is 12.1 Å². The molecule has 2 saturated heterocycles. The second-order valence-electron chi connectivity index (χ2n) is 6.21. The molecular weight excluding hydrogens is 369 g/mol. The first-order valence-electron chi connectivity index (χ1n) is 8.26. The number of thioether (sulfide) groups is 1. The molecule has 3 rings (SSSR count). The largest absolute Gasteiger partial charge is 0.416 e. The molecule has 0 aromatic heterocycles. The molecule has 0 unspecified atom stereocenters. The number of nitrogens with zero attached hydrogens (tertiary/aromatic N) is 2. The Morgan fingerprint density at radius 1 is 1.23 bits per heavy atom. The van der Waals surface area contributed by atoms with E-state index >= 15 is 0 Å². The topological polar surface area (TPSA) is 49.9 Å². The zero-order chi connectivity index (χ0) is 18.9. The van der Waals surface area contributed by atoms with Crippen LogP contribution in [0.5, 0.6) is 0 Å². The second-order valence-corrected chi connectivity index (χ2v) is 7.64. The molecule has 26 heavy (non-hydrogen) atoms. The molecule has 2 aliphatic heterocycles. The van der Waals surface area contributed by atoms with E-state index in [1.807, 2.05) is 0 Å². The Hall–Kier alpha value is -1.74. The van der Waals surface area contributed by atoms with Gasteiger partial charge in [-0.2, -0.15) is 13.2 Å². The SMILES string of the molecule is C[C@H]1S[C@H](c2ccc(C(F)(F)F)cc2)N(CC(=O)N2CCOCC2)C1=O. The maximum atomic E-state index is 12.7. The monoisotopic (exact) mass is 388 g/mol. The van der Waals surface area contributed by atoms with Crippen molar-refractivity contribution in [1.29, 1.82) is 0 Å². The number of benzene rings is 1. The van der Waals surface area contributed by atoms with E-state index in [1.54, 1.807) is 11.8 Å². The highest BCUT2D eigenvalue weighted by atomic mass is 32.2. The molecule has 2 aliphatic rings.